The van der Waals surface area contributed by atoms with Gasteiger partial charge in [0.25, 0.3) is 0 Å². The minimum atomic E-state index is -0.574. The predicted molar refractivity (Wildman–Crippen MR) is 69.2 cm³/mol. The first-order valence-electron chi connectivity index (χ1n) is 6.49. The summed E-state index contributed by atoms with van der Waals surface area (Å²) in [6.45, 7) is 0.402. The molecule has 2 rings (SSSR count). The van der Waals surface area contributed by atoms with E-state index in [0.717, 1.165) is 31.9 Å². The smallest absolute Gasteiger partial charge is 0.319 e. The molecule has 6 heteroatoms. The predicted octanol–water partition coefficient (Wildman–Crippen LogP) is 1.89. The number of carbonyl (C=O) groups excluding carboxylic acids is 1. The number of nitrogens with one attached hydrogen (secondary N) is 2. The van der Waals surface area contributed by atoms with E-state index in [0.29, 0.717) is 6.54 Å². The zero-order chi connectivity index (χ0) is 13.7. The highest BCUT2D eigenvalue weighted by atomic mass is 19.1. The molecule has 1 aliphatic carbocycles. The summed E-state index contributed by atoms with van der Waals surface area (Å²) in [6, 6.07) is 0.924. The van der Waals surface area contributed by atoms with Crippen LogP contribution in [0.1, 0.15) is 25.7 Å². The Labute approximate surface area is 111 Å². The van der Waals surface area contributed by atoms with Gasteiger partial charge in [-0.15, -0.1) is 0 Å². The van der Waals surface area contributed by atoms with Gasteiger partial charge in [-0.2, -0.15) is 0 Å². The molecule has 0 saturated heterocycles. The first-order chi connectivity index (χ1) is 9.16. The van der Waals surface area contributed by atoms with Crippen LogP contribution in [0.3, 0.4) is 0 Å². The van der Waals surface area contributed by atoms with Crippen LogP contribution in [0.25, 0.3) is 0 Å². The molecule has 0 aliphatic heterocycles. The number of aromatic nitrogens is 1. The molecular formula is C13H18FN3O2. The van der Waals surface area contributed by atoms with Gasteiger partial charge < -0.3 is 15.7 Å². The minimum absolute atomic E-state index is 0.0850. The Morgan fingerprint density at radius 3 is 3.00 bits per heavy atom. The standard InChI is InChI=1S/C13H18FN3O2/c14-10-8-15-6-5-11(10)17-13(19)16-7-9-3-1-2-4-12(9)18/h5-6,8-9,12,18H,1-4,7H2,(H2,15,16,17,19)/t9-,12-/m0/s1. The number of urea groups is 1. The monoisotopic (exact) mass is 267 g/mol. The number of nitrogens with zero attached hydrogens (tertiary/aromatic N) is 1. The van der Waals surface area contributed by atoms with Gasteiger partial charge in [0.05, 0.1) is 18.0 Å². The van der Waals surface area contributed by atoms with E-state index >= 15 is 0 Å². The topological polar surface area (TPSA) is 74.2 Å². The van der Waals surface area contributed by atoms with E-state index in [1.165, 1.54) is 12.3 Å². The molecule has 1 aromatic heterocycles. The summed E-state index contributed by atoms with van der Waals surface area (Å²) in [4.78, 5) is 15.2. The SMILES string of the molecule is O=C(NC[C@@H]1CCCC[C@@H]1O)Nc1ccncc1F. The van der Waals surface area contributed by atoms with Crippen LogP contribution in [0.2, 0.25) is 0 Å². The Kier molecular flexibility index (Phi) is 4.68. The molecule has 1 fully saturated rings. The molecule has 0 unspecified atom stereocenters. The van der Waals surface area contributed by atoms with Crippen molar-refractivity contribution in [2.75, 3.05) is 11.9 Å². The Balaban J connectivity index is 1.80. The second kappa shape index (κ2) is 6.47. The molecule has 104 valence electrons. The molecular weight excluding hydrogens is 249 g/mol. The van der Waals surface area contributed by atoms with Crippen LogP contribution in [0.5, 0.6) is 0 Å². The lowest BCUT2D eigenvalue weighted by Gasteiger charge is -2.27. The number of rotatable bonds is 3. The molecule has 0 bridgehead atoms. The van der Waals surface area contributed by atoms with E-state index < -0.39 is 11.8 Å². The van der Waals surface area contributed by atoms with Crippen molar-refractivity contribution in [2.24, 2.45) is 5.92 Å². The lowest BCUT2D eigenvalue weighted by molar-refractivity contribution is 0.0711. The van der Waals surface area contributed by atoms with Crippen molar-refractivity contribution < 1.29 is 14.3 Å². The Morgan fingerprint density at radius 2 is 2.26 bits per heavy atom. The highest BCUT2D eigenvalue weighted by Crippen LogP contribution is 2.23. The molecule has 0 spiro atoms. The van der Waals surface area contributed by atoms with Gasteiger partial charge in [0, 0.05) is 18.7 Å². The van der Waals surface area contributed by atoms with Crippen molar-refractivity contribution in [3.63, 3.8) is 0 Å². The Morgan fingerprint density at radius 1 is 1.47 bits per heavy atom. The fraction of sp³-hybridized carbons (Fsp3) is 0.538. The van der Waals surface area contributed by atoms with Crippen LogP contribution >= 0.6 is 0 Å². The normalized spacial score (nSPS) is 22.8. The molecule has 0 aromatic carbocycles. The van der Waals surface area contributed by atoms with Gasteiger partial charge in [-0.1, -0.05) is 12.8 Å². The summed E-state index contributed by atoms with van der Waals surface area (Å²) in [5.41, 5.74) is 0.0942. The fourth-order valence-corrected chi connectivity index (χ4v) is 2.29. The van der Waals surface area contributed by atoms with E-state index in [-0.39, 0.29) is 17.7 Å². The van der Waals surface area contributed by atoms with Gasteiger partial charge in [-0.3, -0.25) is 4.98 Å². The first kappa shape index (κ1) is 13.7. The molecule has 2 atom stereocenters. The van der Waals surface area contributed by atoms with Crippen molar-refractivity contribution in [3.05, 3.63) is 24.3 Å². The lowest BCUT2D eigenvalue weighted by Crippen LogP contribution is -2.38. The molecule has 1 saturated carbocycles. The van der Waals surface area contributed by atoms with Crippen LogP contribution < -0.4 is 10.6 Å². The molecule has 3 N–H and O–H groups in total. The van der Waals surface area contributed by atoms with E-state index in [1.807, 2.05) is 0 Å². The third-order valence-corrected chi connectivity index (χ3v) is 3.41. The minimum Gasteiger partial charge on any atom is -0.393 e. The molecule has 1 aromatic rings. The van der Waals surface area contributed by atoms with E-state index in [1.54, 1.807) is 0 Å². The van der Waals surface area contributed by atoms with Crippen molar-refractivity contribution in [1.82, 2.24) is 10.3 Å². The average molecular weight is 267 g/mol. The molecule has 0 radical (unpaired) electrons. The second-order valence-corrected chi connectivity index (χ2v) is 4.80. The number of pyridine rings is 1. The van der Waals surface area contributed by atoms with Gasteiger partial charge in [0.15, 0.2) is 5.82 Å². The summed E-state index contributed by atoms with van der Waals surface area (Å²) in [6.07, 6.45) is 5.89. The Hall–Kier alpha value is -1.69. The largest absolute Gasteiger partial charge is 0.393 e. The van der Waals surface area contributed by atoms with Gasteiger partial charge in [0.1, 0.15) is 0 Å². The van der Waals surface area contributed by atoms with E-state index in [9.17, 15) is 14.3 Å². The maximum atomic E-state index is 13.3. The number of amides is 2. The number of hydrogen-bond acceptors (Lipinski definition) is 3. The van der Waals surface area contributed by atoms with Crippen molar-refractivity contribution in [2.45, 2.75) is 31.8 Å². The third-order valence-electron chi connectivity index (χ3n) is 3.41. The maximum Gasteiger partial charge on any atom is 0.319 e. The molecule has 19 heavy (non-hydrogen) atoms. The molecule has 1 aliphatic rings. The van der Waals surface area contributed by atoms with Crippen molar-refractivity contribution >= 4 is 11.7 Å². The van der Waals surface area contributed by atoms with Crippen molar-refractivity contribution in [1.29, 1.82) is 0 Å². The van der Waals surface area contributed by atoms with Crippen LogP contribution in [-0.2, 0) is 0 Å². The summed E-state index contributed by atoms with van der Waals surface area (Å²) in [5.74, 6) is -0.489. The number of aliphatic hydroxyl groups is 1. The number of halogens is 1. The van der Waals surface area contributed by atoms with Crippen LogP contribution in [-0.4, -0.2) is 28.8 Å². The van der Waals surface area contributed by atoms with Crippen LogP contribution in [0.4, 0.5) is 14.9 Å². The Bertz CT molecular complexity index is 442. The highest BCUT2D eigenvalue weighted by molar-refractivity contribution is 5.89. The average Bonchev–Trinajstić information content (AvgIpc) is 2.40. The van der Waals surface area contributed by atoms with E-state index in [2.05, 4.69) is 15.6 Å². The van der Waals surface area contributed by atoms with Crippen molar-refractivity contribution in [3.8, 4) is 0 Å². The summed E-state index contributed by atoms with van der Waals surface area (Å²) in [7, 11) is 0. The highest BCUT2D eigenvalue weighted by Gasteiger charge is 2.23. The fourth-order valence-electron chi connectivity index (χ4n) is 2.29. The first-order valence-corrected chi connectivity index (χ1v) is 6.49. The lowest BCUT2D eigenvalue weighted by atomic mass is 9.86. The van der Waals surface area contributed by atoms with Gasteiger partial charge in [-0.05, 0) is 18.9 Å². The third kappa shape index (κ3) is 3.89. The van der Waals surface area contributed by atoms with E-state index in [4.69, 9.17) is 0 Å². The summed E-state index contributed by atoms with van der Waals surface area (Å²) in [5, 5.41) is 14.9. The number of anilines is 1. The van der Waals surface area contributed by atoms with Gasteiger partial charge in [-0.25, -0.2) is 9.18 Å². The zero-order valence-electron chi connectivity index (χ0n) is 10.6. The maximum absolute atomic E-state index is 13.3. The summed E-state index contributed by atoms with van der Waals surface area (Å²) < 4.78 is 13.3. The molecule has 1 heterocycles. The number of hydrogen-bond donors (Lipinski definition) is 3. The molecule has 5 nitrogen and oxygen atoms in total. The quantitative estimate of drug-likeness (QED) is 0.783. The second-order valence-electron chi connectivity index (χ2n) is 4.80. The summed E-state index contributed by atoms with van der Waals surface area (Å²) >= 11 is 0. The van der Waals surface area contributed by atoms with Crippen LogP contribution in [0, 0.1) is 11.7 Å². The molecule has 2 amide bonds. The van der Waals surface area contributed by atoms with Crippen LogP contribution in [0.15, 0.2) is 18.5 Å². The number of aliphatic hydroxyl groups excluding tert-OH is 1. The zero-order valence-corrected chi connectivity index (χ0v) is 10.6. The van der Waals surface area contributed by atoms with Gasteiger partial charge >= 0.3 is 6.03 Å². The van der Waals surface area contributed by atoms with Gasteiger partial charge in [0.2, 0.25) is 0 Å². The number of carbonyl (C=O) groups is 1.